The number of esters is 1. The van der Waals surface area contributed by atoms with Crippen LogP contribution in [0, 0.1) is 6.92 Å². The molecule has 4 nitrogen and oxygen atoms in total. The van der Waals surface area contributed by atoms with Gasteiger partial charge in [0.25, 0.3) is 0 Å². The van der Waals surface area contributed by atoms with Gasteiger partial charge in [-0.2, -0.15) is 0 Å². The Balaban J connectivity index is 1.94. The highest BCUT2D eigenvalue weighted by molar-refractivity contribution is 7.17. The van der Waals surface area contributed by atoms with E-state index in [0.717, 1.165) is 21.6 Å². The Morgan fingerprint density at radius 2 is 1.59 bits per heavy atom. The van der Waals surface area contributed by atoms with Gasteiger partial charge in [0.2, 0.25) is 5.91 Å². The second-order valence-corrected chi connectivity index (χ2v) is 8.41. The molecule has 0 saturated carbocycles. The lowest BCUT2D eigenvalue weighted by molar-refractivity contribution is -0.115. The molecule has 0 fully saturated rings. The maximum absolute atomic E-state index is 12.7. The number of thiophene rings is 1. The third-order valence-electron chi connectivity index (χ3n) is 4.23. The van der Waals surface area contributed by atoms with Gasteiger partial charge in [-0.05, 0) is 49.2 Å². The first-order valence-corrected chi connectivity index (χ1v) is 10.6. The van der Waals surface area contributed by atoms with Gasteiger partial charge in [0.15, 0.2) is 0 Å². The van der Waals surface area contributed by atoms with Crippen LogP contribution in [0.5, 0.6) is 0 Å². The van der Waals surface area contributed by atoms with Gasteiger partial charge in [-0.1, -0.05) is 47.5 Å². The van der Waals surface area contributed by atoms with Crippen LogP contribution in [0.15, 0.2) is 48.5 Å². The van der Waals surface area contributed by atoms with Crippen molar-refractivity contribution in [2.75, 3.05) is 11.9 Å². The summed E-state index contributed by atoms with van der Waals surface area (Å²) < 4.78 is 5.26. The van der Waals surface area contributed by atoms with E-state index in [1.54, 1.807) is 43.3 Å². The summed E-state index contributed by atoms with van der Waals surface area (Å²) >= 11 is 13.2. The van der Waals surface area contributed by atoms with Gasteiger partial charge in [-0.25, -0.2) is 4.79 Å². The van der Waals surface area contributed by atoms with E-state index >= 15 is 0 Å². The predicted octanol–water partition coefficient (Wildman–Crippen LogP) is 6.39. The van der Waals surface area contributed by atoms with Crippen LogP contribution in [0.1, 0.15) is 27.7 Å². The molecule has 3 aromatic rings. The van der Waals surface area contributed by atoms with E-state index in [9.17, 15) is 9.59 Å². The number of carbonyl (C=O) groups excluding carboxylic acids is 2. The number of amides is 1. The lowest BCUT2D eigenvalue weighted by atomic mass is 10.0. The Hall–Kier alpha value is -2.34. The summed E-state index contributed by atoms with van der Waals surface area (Å²) in [7, 11) is 0. The molecule has 1 N–H and O–H groups in total. The molecule has 0 spiro atoms. The molecule has 0 radical (unpaired) electrons. The average molecular weight is 448 g/mol. The topological polar surface area (TPSA) is 55.4 Å². The van der Waals surface area contributed by atoms with Crippen molar-refractivity contribution >= 4 is 51.4 Å². The zero-order valence-corrected chi connectivity index (χ0v) is 18.3. The second kappa shape index (κ2) is 9.44. The van der Waals surface area contributed by atoms with E-state index in [4.69, 9.17) is 27.9 Å². The zero-order valence-electron chi connectivity index (χ0n) is 15.9. The van der Waals surface area contributed by atoms with Gasteiger partial charge >= 0.3 is 5.97 Å². The summed E-state index contributed by atoms with van der Waals surface area (Å²) in [6.45, 7) is 3.90. The maximum Gasteiger partial charge on any atom is 0.341 e. The second-order valence-electron chi connectivity index (χ2n) is 6.32. The van der Waals surface area contributed by atoms with Gasteiger partial charge in [0.1, 0.15) is 10.6 Å². The Kier molecular flexibility index (Phi) is 6.96. The van der Waals surface area contributed by atoms with E-state index in [2.05, 4.69) is 5.32 Å². The van der Waals surface area contributed by atoms with Crippen LogP contribution >= 0.6 is 34.5 Å². The molecule has 0 aliphatic rings. The number of halogens is 2. The van der Waals surface area contributed by atoms with Gasteiger partial charge < -0.3 is 10.1 Å². The lowest BCUT2D eigenvalue weighted by Gasteiger charge is -2.09. The Bertz CT molecular complexity index is 1030. The van der Waals surface area contributed by atoms with E-state index < -0.39 is 5.97 Å². The Labute approximate surface area is 183 Å². The SMILES string of the molecule is CCOC(=O)c1c(NC(=O)Cc2ccc(Cl)cc2)sc(C)c1-c1ccc(Cl)cc1. The highest BCUT2D eigenvalue weighted by atomic mass is 35.5. The number of ether oxygens (including phenoxy) is 1. The van der Waals surface area contributed by atoms with Gasteiger partial charge in [-0.3, -0.25) is 4.79 Å². The molecule has 1 aromatic heterocycles. The van der Waals surface area contributed by atoms with Gasteiger partial charge in [-0.15, -0.1) is 11.3 Å². The first-order chi connectivity index (χ1) is 13.9. The number of rotatable bonds is 6. The summed E-state index contributed by atoms with van der Waals surface area (Å²) in [5, 5.41) is 4.57. The van der Waals surface area contributed by atoms with Crippen LogP contribution in [0.4, 0.5) is 5.00 Å². The lowest BCUT2D eigenvalue weighted by Crippen LogP contribution is -2.16. The molecular formula is C22H19Cl2NO3S. The van der Waals surface area contributed by atoms with E-state index in [1.807, 2.05) is 19.1 Å². The average Bonchev–Trinajstić information content (AvgIpc) is 3.00. The quantitative estimate of drug-likeness (QED) is 0.445. The molecule has 0 unspecified atom stereocenters. The van der Waals surface area contributed by atoms with Gasteiger partial charge in [0.05, 0.1) is 13.0 Å². The third kappa shape index (κ3) is 5.18. The minimum absolute atomic E-state index is 0.173. The van der Waals surface area contributed by atoms with Crippen LogP contribution in [-0.2, 0) is 16.0 Å². The number of carbonyl (C=O) groups is 2. The highest BCUT2D eigenvalue weighted by Crippen LogP contribution is 2.40. The normalized spacial score (nSPS) is 10.6. The summed E-state index contributed by atoms with van der Waals surface area (Å²) in [6.07, 6.45) is 0.173. The van der Waals surface area contributed by atoms with Crippen molar-refractivity contribution in [3.63, 3.8) is 0 Å². The molecule has 3 rings (SSSR count). The van der Waals surface area contributed by atoms with Crippen LogP contribution in [0.3, 0.4) is 0 Å². The fourth-order valence-electron chi connectivity index (χ4n) is 2.95. The zero-order chi connectivity index (χ0) is 21.0. The maximum atomic E-state index is 12.7. The van der Waals surface area contributed by atoms with Crippen molar-refractivity contribution in [1.29, 1.82) is 0 Å². The van der Waals surface area contributed by atoms with E-state index in [0.29, 0.717) is 20.6 Å². The summed E-state index contributed by atoms with van der Waals surface area (Å²) in [5.74, 6) is -0.689. The minimum Gasteiger partial charge on any atom is -0.462 e. The Morgan fingerprint density at radius 1 is 1.00 bits per heavy atom. The van der Waals surface area contributed by atoms with Crippen molar-refractivity contribution in [3.8, 4) is 11.1 Å². The largest absolute Gasteiger partial charge is 0.462 e. The molecule has 0 atom stereocenters. The van der Waals surface area contributed by atoms with E-state index in [1.165, 1.54) is 11.3 Å². The van der Waals surface area contributed by atoms with Crippen molar-refractivity contribution < 1.29 is 14.3 Å². The molecule has 29 heavy (non-hydrogen) atoms. The molecule has 0 bridgehead atoms. The predicted molar refractivity (Wildman–Crippen MR) is 119 cm³/mol. The van der Waals surface area contributed by atoms with E-state index in [-0.39, 0.29) is 18.9 Å². The Morgan fingerprint density at radius 3 is 2.17 bits per heavy atom. The molecule has 150 valence electrons. The highest BCUT2D eigenvalue weighted by Gasteiger charge is 2.25. The summed E-state index contributed by atoms with van der Waals surface area (Å²) in [6, 6.07) is 14.3. The standard InChI is InChI=1S/C22H19Cl2NO3S/c1-3-28-22(27)20-19(15-6-10-17(24)11-7-15)13(2)29-21(20)25-18(26)12-14-4-8-16(23)9-5-14/h4-11H,3,12H2,1-2H3,(H,25,26). The molecular weight excluding hydrogens is 429 g/mol. The molecule has 0 aliphatic heterocycles. The van der Waals surface area contributed by atoms with Crippen LogP contribution in [-0.4, -0.2) is 18.5 Å². The smallest absolute Gasteiger partial charge is 0.341 e. The number of hydrogen-bond acceptors (Lipinski definition) is 4. The molecule has 0 aliphatic carbocycles. The number of benzene rings is 2. The molecule has 1 heterocycles. The van der Waals surface area contributed by atoms with Crippen LogP contribution in [0.25, 0.3) is 11.1 Å². The van der Waals surface area contributed by atoms with Crippen molar-refractivity contribution in [2.24, 2.45) is 0 Å². The molecule has 0 saturated heterocycles. The summed E-state index contributed by atoms with van der Waals surface area (Å²) in [5.41, 5.74) is 2.77. The number of anilines is 1. The molecule has 7 heteroatoms. The third-order valence-corrected chi connectivity index (χ3v) is 5.75. The van der Waals surface area contributed by atoms with Crippen LogP contribution < -0.4 is 5.32 Å². The fraction of sp³-hybridized carbons (Fsp3) is 0.182. The first-order valence-electron chi connectivity index (χ1n) is 8.99. The number of aryl methyl sites for hydroxylation is 1. The number of hydrogen-bond donors (Lipinski definition) is 1. The van der Waals surface area contributed by atoms with Gasteiger partial charge in [0, 0.05) is 20.5 Å². The fourth-order valence-corrected chi connectivity index (χ4v) is 4.29. The van der Waals surface area contributed by atoms with Crippen LogP contribution in [0.2, 0.25) is 10.0 Å². The van der Waals surface area contributed by atoms with Crippen molar-refractivity contribution in [3.05, 3.63) is 74.6 Å². The first kappa shape index (κ1) is 21.4. The molecule has 1 amide bonds. The monoisotopic (exact) mass is 447 g/mol. The minimum atomic E-state index is -0.469. The van der Waals surface area contributed by atoms with Crippen molar-refractivity contribution in [2.45, 2.75) is 20.3 Å². The number of nitrogens with one attached hydrogen (secondary N) is 1. The molecule has 2 aromatic carbocycles. The van der Waals surface area contributed by atoms with Crippen molar-refractivity contribution in [1.82, 2.24) is 0 Å². The summed E-state index contributed by atoms with van der Waals surface area (Å²) in [4.78, 5) is 26.2.